The summed E-state index contributed by atoms with van der Waals surface area (Å²) in [7, 11) is 1.77. The minimum atomic E-state index is 0.120. The maximum atomic E-state index is 11.2. The van der Waals surface area contributed by atoms with Crippen molar-refractivity contribution in [3.8, 4) is 0 Å². The van der Waals surface area contributed by atoms with Gasteiger partial charge in [-0.3, -0.25) is 4.79 Å². The van der Waals surface area contributed by atoms with Gasteiger partial charge in [-0.2, -0.15) is 0 Å². The number of amides is 1. The van der Waals surface area contributed by atoms with Crippen molar-refractivity contribution >= 4 is 11.6 Å². The van der Waals surface area contributed by atoms with E-state index in [-0.39, 0.29) is 5.91 Å². The Balaban J connectivity index is 2.78. The van der Waals surface area contributed by atoms with E-state index in [1.807, 2.05) is 25.1 Å². The maximum absolute atomic E-state index is 11.2. The molecule has 0 spiro atoms. The van der Waals surface area contributed by atoms with Gasteiger partial charge in [0.1, 0.15) is 0 Å². The molecule has 1 aromatic carbocycles. The number of carbonyl (C=O) groups excluding carboxylic acids is 1. The Morgan fingerprint density at radius 3 is 2.92 bits per heavy atom. The molecule has 0 heterocycles. The Kier molecular flexibility index (Phi) is 2.86. The number of benzene rings is 1. The van der Waals surface area contributed by atoms with Gasteiger partial charge in [-0.25, -0.2) is 0 Å². The predicted octanol–water partition coefficient (Wildman–Crippen LogP) is 1.86. The maximum Gasteiger partial charge on any atom is 0.226 e. The van der Waals surface area contributed by atoms with Gasteiger partial charge >= 0.3 is 0 Å². The lowest BCUT2D eigenvalue weighted by Crippen LogP contribution is -2.24. The van der Waals surface area contributed by atoms with Crippen LogP contribution in [0.4, 0.5) is 5.69 Å². The van der Waals surface area contributed by atoms with E-state index in [1.165, 1.54) is 0 Å². The number of anilines is 1. The zero-order chi connectivity index (χ0) is 8.97. The molecule has 0 saturated carbocycles. The van der Waals surface area contributed by atoms with Crippen molar-refractivity contribution in [3.05, 3.63) is 30.3 Å². The predicted molar refractivity (Wildman–Crippen MR) is 49.0 cm³/mol. The summed E-state index contributed by atoms with van der Waals surface area (Å²) in [5.41, 5.74) is 0.893. The van der Waals surface area contributed by atoms with Crippen molar-refractivity contribution in [1.82, 2.24) is 0 Å². The summed E-state index contributed by atoms with van der Waals surface area (Å²) in [6, 6.07) is 10.3. The lowest BCUT2D eigenvalue weighted by Gasteiger charge is -2.15. The summed E-state index contributed by atoms with van der Waals surface area (Å²) < 4.78 is 0. The topological polar surface area (TPSA) is 20.3 Å². The zero-order valence-electron chi connectivity index (χ0n) is 7.37. The molecule has 12 heavy (non-hydrogen) atoms. The number of nitrogens with zero attached hydrogens (tertiary/aromatic N) is 1. The summed E-state index contributed by atoms with van der Waals surface area (Å²) >= 11 is 0. The third-order valence-electron chi connectivity index (χ3n) is 1.75. The quantitative estimate of drug-likeness (QED) is 0.650. The molecule has 0 aliphatic heterocycles. The fraction of sp³-hybridized carbons (Fsp3) is 0.300. The summed E-state index contributed by atoms with van der Waals surface area (Å²) in [5.74, 6) is 0.120. The van der Waals surface area contributed by atoms with Crippen LogP contribution < -0.4 is 4.90 Å². The highest BCUT2D eigenvalue weighted by Gasteiger charge is 2.06. The van der Waals surface area contributed by atoms with Crippen LogP contribution in [0, 0.1) is 6.07 Å². The van der Waals surface area contributed by atoms with E-state index in [2.05, 4.69) is 6.07 Å². The van der Waals surface area contributed by atoms with Crippen LogP contribution in [0.3, 0.4) is 0 Å². The van der Waals surface area contributed by atoms with E-state index < -0.39 is 0 Å². The SMILES string of the molecule is CCC(=O)N(C)c1c[c]ccc1. The van der Waals surface area contributed by atoms with E-state index in [0.717, 1.165) is 5.69 Å². The highest BCUT2D eigenvalue weighted by atomic mass is 16.2. The van der Waals surface area contributed by atoms with Gasteiger partial charge in [0.25, 0.3) is 0 Å². The molecule has 0 aliphatic rings. The Morgan fingerprint density at radius 2 is 2.42 bits per heavy atom. The lowest BCUT2D eigenvalue weighted by molar-refractivity contribution is -0.118. The van der Waals surface area contributed by atoms with E-state index >= 15 is 0 Å². The molecule has 1 aromatic rings. The van der Waals surface area contributed by atoms with Gasteiger partial charge in [0.15, 0.2) is 0 Å². The fourth-order valence-corrected chi connectivity index (χ4v) is 0.974. The first kappa shape index (κ1) is 8.78. The Labute approximate surface area is 72.8 Å². The standard InChI is InChI=1S/C10H12NO/c1-3-10(12)11(2)9-7-5-4-6-8-9/h4-5,7-8H,3H2,1-2H3. The van der Waals surface area contributed by atoms with E-state index in [9.17, 15) is 4.79 Å². The first-order valence-electron chi connectivity index (χ1n) is 3.98. The average Bonchev–Trinajstić information content (AvgIpc) is 2.17. The Bertz CT molecular complexity index is 256. The normalized spacial score (nSPS) is 9.50. The summed E-state index contributed by atoms with van der Waals surface area (Å²) in [6.45, 7) is 1.85. The smallest absolute Gasteiger partial charge is 0.226 e. The first-order valence-corrected chi connectivity index (χ1v) is 3.98. The van der Waals surface area contributed by atoms with Crippen molar-refractivity contribution in [2.75, 3.05) is 11.9 Å². The van der Waals surface area contributed by atoms with Crippen molar-refractivity contribution in [2.45, 2.75) is 13.3 Å². The van der Waals surface area contributed by atoms with Crippen LogP contribution in [-0.4, -0.2) is 13.0 Å². The molecule has 0 unspecified atom stereocenters. The van der Waals surface area contributed by atoms with Crippen LogP contribution in [-0.2, 0) is 4.79 Å². The lowest BCUT2D eigenvalue weighted by atomic mass is 10.3. The molecule has 0 bridgehead atoms. The summed E-state index contributed by atoms with van der Waals surface area (Å²) in [4.78, 5) is 12.9. The van der Waals surface area contributed by atoms with Gasteiger partial charge in [-0.15, -0.1) is 0 Å². The summed E-state index contributed by atoms with van der Waals surface area (Å²) in [5, 5.41) is 0. The molecular weight excluding hydrogens is 150 g/mol. The first-order chi connectivity index (χ1) is 5.75. The second kappa shape index (κ2) is 3.90. The molecule has 0 fully saturated rings. The van der Waals surface area contributed by atoms with Crippen LogP contribution in [0.25, 0.3) is 0 Å². The largest absolute Gasteiger partial charge is 0.315 e. The van der Waals surface area contributed by atoms with Crippen molar-refractivity contribution in [3.63, 3.8) is 0 Å². The second-order valence-corrected chi connectivity index (χ2v) is 2.57. The van der Waals surface area contributed by atoms with Crippen LogP contribution >= 0.6 is 0 Å². The summed E-state index contributed by atoms with van der Waals surface area (Å²) in [6.07, 6.45) is 0.533. The average molecular weight is 162 g/mol. The van der Waals surface area contributed by atoms with Gasteiger partial charge in [0, 0.05) is 19.2 Å². The fourth-order valence-electron chi connectivity index (χ4n) is 0.974. The highest BCUT2D eigenvalue weighted by molar-refractivity contribution is 5.92. The zero-order valence-corrected chi connectivity index (χ0v) is 7.37. The molecule has 1 rings (SSSR count). The molecule has 63 valence electrons. The molecule has 0 atom stereocenters. The third-order valence-corrected chi connectivity index (χ3v) is 1.75. The molecule has 0 aliphatic carbocycles. The van der Waals surface area contributed by atoms with E-state index in [4.69, 9.17) is 0 Å². The highest BCUT2D eigenvalue weighted by Crippen LogP contribution is 2.11. The minimum Gasteiger partial charge on any atom is -0.315 e. The van der Waals surface area contributed by atoms with Crippen molar-refractivity contribution < 1.29 is 4.79 Å². The molecule has 2 nitrogen and oxygen atoms in total. The van der Waals surface area contributed by atoms with E-state index in [1.54, 1.807) is 18.0 Å². The van der Waals surface area contributed by atoms with Gasteiger partial charge < -0.3 is 4.90 Å². The molecule has 0 saturated heterocycles. The monoisotopic (exact) mass is 162 g/mol. The molecule has 2 heteroatoms. The van der Waals surface area contributed by atoms with Gasteiger partial charge in [0.05, 0.1) is 0 Å². The molecule has 0 N–H and O–H groups in total. The van der Waals surface area contributed by atoms with Crippen LogP contribution in [0.5, 0.6) is 0 Å². The van der Waals surface area contributed by atoms with Gasteiger partial charge in [-0.1, -0.05) is 19.1 Å². The van der Waals surface area contributed by atoms with Crippen LogP contribution in [0.15, 0.2) is 24.3 Å². The number of rotatable bonds is 2. The van der Waals surface area contributed by atoms with Crippen molar-refractivity contribution in [2.24, 2.45) is 0 Å². The number of carbonyl (C=O) groups is 1. The molecular formula is C10H12NO. The number of hydrogen-bond acceptors (Lipinski definition) is 1. The van der Waals surface area contributed by atoms with Crippen molar-refractivity contribution in [1.29, 1.82) is 0 Å². The minimum absolute atomic E-state index is 0.120. The Morgan fingerprint density at radius 1 is 1.67 bits per heavy atom. The molecule has 0 aromatic heterocycles. The van der Waals surface area contributed by atoms with Crippen LogP contribution in [0.2, 0.25) is 0 Å². The molecule has 1 radical (unpaired) electrons. The van der Waals surface area contributed by atoms with Gasteiger partial charge in [0.2, 0.25) is 5.91 Å². The second-order valence-electron chi connectivity index (χ2n) is 2.57. The molecule has 1 amide bonds. The van der Waals surface area contributed by atoms with Crippen LogP contribution in [0.1, 0.15) is 13.3 Å². The Hall–Kier alpha value is -1.31. The van der Waals surface area contributed by atoms with E-state index in [0.29, 0.717) is 6.42 Å². The number of hydrogen-bond donors (Lipinski definition) is 0. The third kappa shape index (κ3) is 1.84. The van der Waals surface area contributed by atoms with Gasteiger partial charge in [-0.05, 0) is 18.2 Å².